The van der Waals surface area contributed by atoms with Crippen LogP contribution in [0.4, 0.5) is 0 Å². The average Bonchev–Trinajstić information content (AvgIpc) is 3.10. The minimum atomic E-state index is -2.81. The summed E-state index contributed by atoms with van der Waals surface area (Å²) in [4.78, 5) is 61.7. The van der Waals surface area contributed by atoms with Crippen molar-refractivity contribution in [3.63, 3.8) is 0 Å². The number of benzene rings is 1. The van der Waals surface area contributed by atoms with Gasteiger partial charge in [0.2, 0.25) is 11.3 Å². The topological polar surface area (TPSA) is 166 Å². The lowest BCUT2D eigenvalue weighted by Crippen LogP contribution is -2.54. The van der Waals surface area contributed by atoms with E-state index >= 15 is 0 Å². The van der Waals surface area contributed by atoms with E-state index in [1.165, 1.54) is 19.2 Å². The number of hydrogen-bond donors (Lipinski definition) is 3. The Balaban J connectivity index is 2.32. The van der Waals surface area contributed by atoms with Crippen LogP contribution in [0.5, 0.6) is 11.5 Å². The number of allylic oxidation sites excluding steroid dienone is 2. The van der Waals surface area contributed by atoms with Gasteiger partial charge < -0.3 is 29.7 Å². The van der Waals surface area contributed by atoms with Crippen LogP contribution in [0.3, 0.4) is 0 Å². The number of rotatable bonds is 13. The number of fused-ring (bicyclic) bond motifs is 1. The first-order chi connectivity index (χ1) is 17.0. The second-order valence-electron chi connectivity index (χ2n) is 8.67. The third-order valence-electron chi connectivity index (χ3n) is 5.75. The van der Waals surface area contributed by atoms with E-state index in [9.17, 15) is 34.2 Å². The van der Waals surface area contributed by atoms with E-state index in [1.807, 2.05) is 0 Å². The molecule has 36 heavy (non-hydrogen) atoms. The quantitative estimate of drug-likeness (QED) is 0.119. The summed E-state index contributed by atoms with van der Waals surface area (Å²) in [5.41, 5.74) is -2.80. The van der Waals surface area contributed by atoms with Crippen molar-refractivity contribution in [1.82, 2.24) is 5.32 Å². The molecule has 0 saturated carbocycles. The van der Waals surface area contributed by atoms with Crippen molar-refractivity contribution in [2.75, 3.05) is 14.2 Å². The molecule has 1 amide bonds. The minimum absolute atomic E-state index is 0.0395. The Morgan fingerprint density at radius 2 is 1.78 bits per heavy atom. The van der Waals surface area contributed by atoms with Gasteiger partial charge in [-0.25, -0.2) is 4.79 Å². The zero-order chi connectivity index (χ0) is 27.0. The van der Waals surface area contributed by atoms with Crippen molar-refractivity contribution in [2.45, 2.75) is 51.5 Å². The van der Waals surface area contributed by atoms with Gasteiger partial charge >= 0.3 is 23.9 Å². The average molecular weight is 506 g/mol. The standard InChI is InChI=1S/C25H31NO10/c1-14(2)9-7-5-6-8-10-18(27)26-13-15-11-16-20(17(12-15)34-3)36-24(33)25(16,23(32)35-4)19(21(28)29)22(30)31/h7,9,11-12,14,19H,5-6,8,10,13H2,1-4H3,(H,26,27)(H,28,29)(H,30,31). The van der Waals surface area contributed by atoms with Crippen LogP contribution < -0.4 is 14.8 Å². The Morgan fingerprint density at radius 3 is 2.33 bits per heavy atom. The first-order valence-electron chi connectivity index (χ1n) is 11.4. The van der Waals surface area contributed by atoms with Crippen LogP contribution in [-0.4, -0.2) is 54.2 Å². The molecular formula is C25H31NO10. The first-order valence-corrected chi connectivity index (χ1v) is 11.4. The van der Waals surface area contributed by atoms with Gasteiger partial charge in [-0.15, -0.1) is 0 Å². The number of methoxy groups -OCH3 is 2. The van der Waals surface area contributed by atoms with Crippen molar-refractivity contribution in [2.24, 2.45) is 11.8 Å². The number of carboxylic acid groups (broad SMARTS) is 2. The third-order valence-corrected chi connectivity index (χ3v) is 5.75. The maximum absolute atomic E-state index is 12.9. The van der Waals surface area contributed by atoms with Gasteiger partial charge in [0, 0.05) is 18.5 Å². The molecule has 0 saturated heterocycles. The Kier molecular flexibility index (Phi) is 9.60. The predicted molar refractivity (Wildman–Crippen MR) is 125 cm³/mol. The molecule has 3 N–H and O–H groups in total. The van der Waals surface area contributed by atoms with Crippen molar-refractivity contribution < 1.29 is 48.4 Å². The fraction of sp³-hybridized carbons (Fsp3) is 0.480. The van der Waals surface area contributed by atoms with Crippen LogP contribution in [0.1, 0.15) is 50.7 Å². The number of unbranched alkanes of at least 4 members (excludes halogenated alkanes) is 2. The van der Waals surface area contributed by atoms with Crippen LogP contribution in [0.2, 0.25) is 0 Å². The lowest BCUT2D eigenvalue weighted by atomic mass is 9.70. The molecule has 0 aliphatic carbocycles. The Labute approximate surface area is 208 Å². The Morgan fingerprint density at radius 1 is 1.11 bits per heavy atom. The van der Waals surface area contributed by atoms with Gasteiger partial charge in [-0.2, -0.15) is 0 Å². The highest BCUT2D eigenvalue weighted by Gasteiger charge is 2.67. The molecule has 1 heterocycles. The normalized spacial score (nSPS) is 16.7. The molecule has 0 aromatic heterocycles. The second-order valence-corrected chi connectivity index (χ2v) is 8.67. The van der Waals surface area contributed by atoms with Gasteiger partial charge in [0.1, 0.15) is 0 Å². The summed E-state index contributed by atoms with van der Waals surface area (Å²) in [6.07, 6.45) is 6.85. The summed E-state index contributed by atoms with van der Waals surface area (Å²) < 4.78 is 15.0. The number of carbonyl (C=O) groups excluding carboxylic acids is 3. The maximum Gasteiger partial charge on any atom is 0.335 e. The van der Waals surface area contributed by atoms with E-state index < -0.39 is 35.2 Å². The molecular weight excluding hydrogens is 474 g/mol. The van der Waals surface area contributed by atoms with E-state index in [2.05, 4.69) is 36.1 Å². The molecule has 0 radical (unpaired) electrons. The number of carbonyl (C=O) groups is 5. The second kappa shape index (κ2) is 12.2. The van der Waals surface area contributed by atoms with E-state index in [-0.39, 0.29) is 35.9 Å². The summed E-state index contributed by atoms with van der Waals surface area (Å²) in [5, 5.41) is 21.9. The molecule has 11 nitrogen and oxygen atoms in total. The number of esters is 2. The molecule has 1 unspecified atom stereocenters. The van der Waals surface area contributed by atoms with Crippen molar-refractivity contribution in [3.8, 4) is 11.5 Å². The molecule has 1 aliphatic rings. The molecule has 0 fully saturated rings. The van der Waals surface area contributed by atoms with Crippen molar-refractivity contribution >= 4 is 29.8 Å². The number of nitrogens with one attached hydrogen (secondary N) is 1. The van der Waals surface area contributed by atoms with E-state index in [0.29, 0.717) is 17.9 Å². The lowest BCUT2D eigenvalue weighted by Gasteiger charge is -2.26. The smallest absolute Gasteiger partial charge is 0.335 e. The number of ether oxygens (including phenoxy) is 3. The van der Waals surface area contributed by atoms with Crippen LogP contribution >= 0.6 is 0 Å². The van der Waals surface area contributed by atoms with E-state index in [1.54, 1.807) is 0 Å². The molecule has 0 bridgehead atoms. The van der Waals surface area contributed by atoms with E-state index in [4.69, 9.17) is 9.47 Å². The highest BCUT2D eigenvalue weighted by atomic mass is 16.6. The molecule has 1 aromatic rings. The molecule has 1 aromatic carbocycles. The largest absolute Gasteiger partial charge is 0.493 e. The molecule has 1 atom stereocenters. The maximum atomic E-state index is 12.9. The SMILES string of the molecule is COC(=O)C1(C(C(=O)O)C(=O)O)C(=O)Oc2c(OC)cc(CNC(=O)CCCCC=CC(C)C)cc21. The van der Waals surface area contributed by atoms with Gasteiger partial charge in [-0.05, 0) is 42.9 Å². The molecule has 0 spiro atoms. The third kappa shape index (κ3) is 5.84. The van der Waals surface area contributed by atoms with Gasteiger partial charge in [0.15, 0.2) is 17.4 Å². The Bertz CT molecular complexity index is 1050. The fourth-order valence-electron chi connectivity index (χ4n) is 4.02. The van der Waals surface area contributed by atoms with Crippen molar-refractivity contribution in [1.29, 1.82) is 0 Å². The van der Waals surface area contributed by atoms with Crippen LogP contribution in [0.25, 0.3) is 0 Å². The number of amides is 1. The van der Waals surface area contributed by atoms with Crippen LogP contribution in [-0.2, 0) is 40.7 Å². The monoisotopic (exact) mass is 505 g/mol. The predicted octanol–water partition coefficient (Wildman–Crippen LogP) is 2.20. The zero-order valence-electron chi connectivity index (χ0n) is 20.7. The summed E-state index contributed by atoms with van der Waals surface area (Å²) in [5.74, 6) is -9.30. The minimum Gasteiger partial charge on any atom is -0.493 e. The summed E-state index contributed by atoms with van der Waals surface area (Å²) in [6, 6.07) is 2.68. The molecule has 196 valence electrons. The lowest BCUT2D eigenvalue weighted by molar-refractivity contribution is -0.173. The van der Waals surface area contributed by atoms with Gasteiger partial charge in [-0.3, -0.25) is 19.2 Å². The van der Waals surface area contributed by atoms with Gasteiger partial charge in [0.25, 0.3) is 0 Å². The van der Waals surface area contributed by atoms with Gasteiger partial charge in [0.05, 0.1) is 14.2 Å². The number of carboxylic acids is 2. The molecule has 11 heteroatoms. The zero-order valence-corrected chi connectivity index (χ0v) is 20.7. The molecule has 1 aliphatic heterocycles. The highest BCUT2D eigenvalue weighted by molar-refractivity contribution is 6.18. The van der Waals surface area contributed by atoms with Gasteiger partial charge in [-0.1, -0.05) is 26.0 Å². The number of aliphatic carboxylic acids is 2. The van der Waals surface area contributed by atoms with Crippen LogP contribution in [0.15, 0.2) is 24.3 Å². The van der Waals surface area contributed by atoms with Crippen LogP contribution in [0, 0.1) is 11.8 Å². The van der Waals surface area contributed by atoms with E-state index in [0.717, 1.165) is 20.0 Å². The molecule has 2 rings (SSSR count). The fourth-order valence-corrected chi connectivity index (χ4v) is 4.02. The summed E-state index contributed by atoms with van der Waals surface area (Å²) in [7, 11) is 2.15. The number of hydrogen-bond acceptors (Lipinski definition) is 8. The van der Waals surface area contributed by atoms with Crippen molar-refractivity contribution in [3.05, 3.63) is 35.4 Å². The highest BCUT2D eigenvalue weighted by Crippen LogP contribution is 2.50. The summed E-state index contributed by atoms with van der Waals surface area (Å²) >= 11 is 0. The Hall–Kier alpha value is -3.89. The first kappa shape index (κ1) is 28.3. The summed E-state index contributed by atoms with van der Waals surface area (Å²) in [6.45, 7) is 4.11.